The van der Waals surface area contributed by atoms with Gasteiger partial charge in [0, 0.05) is 17.5 Å². The second-order valence-electron chi connectivity index (χ2n) is 4.43. The first kappa shape index (κ1) is 13.5. The van der Waals surface area contributed by atoms with Gasteiger partial charge in [-0.2, -0.15) is 5.10 Å². The molecular formula is C15H14N4OS. The molecule has 0 saturated carbocycles. The van der Waals surface area contributed by atoms with Gasteiger partial charge in [-0.05, 0) is 13.0 Å². The van der Waals surface area contributed by atoms with Crippen LogP contribution in [0.2, 0.25) is 0 Å². The maximum absolute atomic E-state index is 12.0. The zero-order valence-corrected chi connectivity index (χ0v) is 12.3. The maximum atomic E-state index is 12.0. The first-order valence-electron chi connectivity index (χ1n) is 6.63. The van der Waals surface area contributed by atoms with Crippen molar-refractivity contribution in [3.05, 3.63) is 52.1 Å². The average Bonchev–Trinajstić information content (AvgIpc) is 2.97. The highest BCUT2D eigenvalue weighted by Crippen LogP contribution is 2.24. The molecule has 2 aromatic heterocycles. The van der Waals surface area contributed by atoms with E-state index in [1.807, 2.05) is 42.6 Å². The SMILES string of the molecule is CCNc1nc(-c2cc(-c3ccccc3)n[nH]c2=O)cs1. The minimum Gasteiger partial charge on any atom is -0.362 e. The molecular weight excluding hydrogens is 284 g/mol. The molecule has 3 aromatic rings. The zero-order valence-electron chi connectivity index (χ0n) is 11.5. The Balaban J connectivity index is 2.03. The van der Waals surface area contributed by atoms with Crippen LogP contribution in [0.4, 0.5) is 5.13 Å². The van der Waals surface area contributed by atoms with E-state index in [2.05, 4.69) is 20.5 Å². The van der Waals surface area contributed by atoms with Crippen LogP contribution in [-0.2, 0) is 0 Å². The summed E-state index contributed by atoms with van der Waals surface area (Å²) < 4.78 is 0. The van der Waals surface area contributed by atoms with E-state index in [1.165, 1.54) is 11.3 Å². The number of thiazole rings is 1. The van der Waals surface area contributed by atoms with Crippen LogP contribution in [0.3, 0.4) is 0 Å². The summed E-state index contributed by atoms with van der Waals surface area (Å²) in [5.41, 5.74) is 2.64. The number of anilines is 1. The monoisotopic (exact) mass is 298 g/mol. The van der Waals surface area contributed by atoms with E-state index in [-0.39, 0.29) is 5.56 Å². The number of benzene rings is 1. The van der Waals surface area contributed by atoms with Gasteiger partial charge in [-0.1, -0.05) is 30.3 Å². The van der Waals surface area contributed by atoms with Crippen molar-refractivity contribution in [3.8, 4) is 22.5 Å². The number of hydrogen-bond acceptors (Lipinski definition) is 5. The van der Waals surface area contributed by atoms with E-state index < -0.39 is 0 Å². The number of aromatic nitrogens is 3. The molecule has 0 fully saturated rings. The molecule has 0 aliphatic carbocycles. The first-order chi connectivity index (χ1) is 10.3. The van der Waals surface area contributed by atoms with Crippen LogP contribution >= 0.6 is 11.3 Å². The van der Waals surface area contributed by atoms with Gasteiger partial charge in [-0.25, -0.2) is 10.1 Å². The Morgan fingerprint density at radius 3 is 2.81 bits per heavy atom. The van der Waals surface area contributed by atoms with Gasteiger partial charge in [0.25, 0.3) is 5.56 Å². The van der Waals surface area contributed by atoms with E-state index in [1.54, 1.807) is 6.07 Å². The molecule has 2 heterocycles. The molecule has 21 heavy (non-hydrogen) atoms. The summed E-state index contributed by atoms with van der Waals surface area (Å²) in [5.74, 6) is 0. The van der Waals surface area contributed by atoms with Crippen molar-refractivity contribution in [2.75, 3.05) is 11.9 Å². The maximum Gasteiger partial charge on any atom is 0.273 e. The third-order valence-corrected chi connectivity index (χ3v) is 3.78. The fraction of sp³-hybridized carbons (Fsp3) is 0.133. The normalized spacial score (nSPS) is 10.5. The largest absolute Gasteiger partial charge is 0.362 e. The molecule has 0 aliphatic rings. The smallest absolute Gasteiger partial charge is 0.273 e. The van der Waals surface area contributed by atoms with Gasteiger partial charge in [-0.3, -0.25) is 4.79 Å². The number of rotatable bonds is 4. The van der Waals surface area contributed by atoms with Crippen molar-refractivity contribution in [1.29, 1.82) is 0 Å². The summed E-state index contributed by atoms with van der Waals surface area (Å²) in [6.45, 7) is 2.81. The summed E-state index contributed by atoms with van der Waals surface area (Å²) in [4.78, 5) is 16.4. The van der Waals surface area contributed by atoms with Crippen molar-refractivity contribution >= 4 is 16.5 Å². The van der Waals surface area contributed by atoms with Crippen molar-refractivity contribution < 1.29 is 0 Å². The molecule has 0 bridgehead atoms. The molecule has 0 unspecified atom stereocenters. The minimum absolute atomic E-state index is 0.233. The third-order valence-electron chi connectivity index (χ3n) is 2.98. The molecule has 1 aromatic carbocycles. The Bertz CT molecular complexity index is 795. The van der Waals surface area contributed by atoms with Crippen LogP contribution in [-0.4, -0.2) is 21.7 Å². The number of nitrogens with one attached hydrogen (secondary N) is 2. The van der Waals surface area contributed by atoms with Crippen molar-refractivity contribution in [2.24, 2.45) is 0 Å². The number of aromatic amines is 1. The van der Waals surface area contributed by atoms with Gasteiger partial charge in [0.15, 0.2) is 5.13 Å². The third kappa shape index (κ3) is 2.85. The lowest BCUT2D eigenvalue weighted by Gasteiger charge is -2.02. The van der Waals surface area contributed by atoms with E-state index >= 15 is 0 Å². The summed E-state index contributed by atoms with van der Waals surface area (Å²) in [6.07, 6.45) is 0. The summed E-state index contributed by atoms with van der Waals surface area (Å²) in [6, 6.07) is 11.5. The highest BCUT2D eigenvalue weighted by molar-refractivity contribution is 7.14. The van der Waals surface area contributed by atoms with Crippen molar-refractivity contribution in [1.82, 2.24) is 15.2 Å². The Morgan fingerprint density at radius 1 is 1.24 bits per heavy atom. The molecule has 0 aliphatic heterocycles. The first-order valence-corrected chi connectivity index (χ1v) is 7.51. The lowest BCUT2D eigenvalue weighted by atomic mass is 10.1. The van der Waals surface area contributed by atoms with Gasteiger partial charge in [0.1, 0.15) is 0 Å². The molecule has 6 heteroatoms. The summed E-state index contributed by atoms with van der Waals surface area (Å²) >= 11 is 1.48. The molecule has 0 amide bonds. The standard InChI is InChI=1S/C15H14N4OS/c1-2-16-15-17-13(9-21-15)11-8-12(18-19-14(11)20)10-6-4-3-5-7-10/h3-9H,2H2,1H3,(H,16,17)(H,19,20). The fourth-order valence-corrected chi connectivity index (χ4v) is 2.76. The van der Waals surface area contributed by atoms with Crippen LogP contribution in [0, 0.1) is 0 Å². The lowest BCUT2D eigenvalue weighted by molar-refractivity contribution is 0.996. The fourth-order valence-electron chi connectivity index (χ4n) is 1.98. The highest BCUT2D eigenvalue weighted by atomic mass is 32.1. The van der Waals surface area contributed by atoms with Gasteiger partial charge in [0.05, 0.1) is 17.0 Å². The molecule has 3 rings (SSSR count). The Kier molecular flexibility index (Phi) is 3.79. The van der Waals surface area contributed by atoms with Crippen LogP contribution in [0.1, 0.15) is 6.92 Å². The van der Waals surface area contributed by atoms with E-state index in [4.69, 9.17) is 0 Å². The van der Waals surface area contributed by atoms with Crippen molar-refractivity contribution in [3.63, 3.8) is 0 Å². The van der Waals surface area contributed by atoms with Gasteiger partial charge >= 0.3 is 0 Å². The molecule has 106 valence electrons. The predicted octanol–water partition coefficient (Wildman–Crippen LogP) is 2.99. The van der Waals surface area contributed by atoms with Crippen LogP contribution < -0.4 is 10.9 Å². The minimum atomic E-state index is -0.233. The van der Waals surface area contributed by atoms with Crippen LogP contribution in [0.25, 0.3) is 22.5 Å². The van der Waals surface area contributed by atoms with Gasteiger partial charge in [0.2, 0.25) is 0 Å². The van der Waals surface area contributed by atoms with Crippen molar-refractivity contribution in [2.45, 2.75) is 6.92 Å². The van der Waals surface area contributed by atoms with E-state index in [0.29, 0.717) is 11.3 Å². The highest BCUT2D eigenvalue weighted by Gasteiger charge is 2.11. The average molecular weight is 298 g/mol. The molecule has 2 N–H and O–H groups in total. The molecule has 0 saturated heterocycles. The summed E-state index contributed by atoms with van der Waals surface area (Å²) in [7, 11) is 0. The second-order valence-corrected chi connectivity index (χ2v) is 5.29. The van der Waals surface area contributed by atoms with Gasteiger partial charge < -0.3 is 5.32 Å². The molecule has 0 radical (unpaired) electrons. The Hall–Kier alpha value is -2.47. The van der Waals surface area contributed by atoms with E-state index in [0.717, 1.165) is 22.9 Å². The zero-order chi connectivity index (χ0) is 14.7. The lowest BCUT2D eigenvalue weighted by Crippen LogP contribution is -2.11. The summed E-state index contributed by atoms with van der Waals surface area (Å²) in [5, 5.41) is 12.5. The molecule has 0 atom stereocenters. The molecule has 0 spiro atoms. The van der Waals surface area contributed by atoms with Crippen LogP contribution in [0.5, 0.6) is 0 Å². The number of hydrogen-bond donors (Lipinski definition) is 2. The van der Waals surface area contributed by atoms with Crippen LogP contribution in [0.15, 0.2) is 46.6 Å². The Labute approximate surface area is 125 Å². The quantitative estimate of drug-likeness (QED) is 0.777. The Morgan fingerprint density at radius 2 is 2.05 bits per heavy atom. The second kappa shape index (κ2) is 5.88. The van der Waals surface area contributed by atoms with E-state index in [9.17, 15) is 4.79 Å². The predicted molar refractivity (Wildman–Crippen MR) is 85.6 cm³/mol. The number of nitrogens with zero attached hydrogens (tertiary/aromatic N) is 2. The van der Waals surface area contributed by atoms with Gasteiger partial charge in [-0.15, -0.1) is 11.3 Å². The molecule has 5 nitrogen and oxygen atoms in total. The topological polar surface area (TPSA) is 70.7 Å². The number of H-pyrrole nitrogens is 1.